The third kappa shape index (κ3) is 2.54. The molecule has 5 rings (SSSR count). The summed E-state index contributed by atoms with van der Waals surface area (Å²) in [4.78, 5) is 13.0. The molecule has 29 heavy (non-hydrogen) atoms. The van der Waals surface area contributed by atoms with E-state index in [2.05, 4.69) is 6.92 Å². The van der Waals surface area contributed by atoms with Gasteiger partial charge in [0.25, 0.3) is 0 Å². The summed E-state index contributed by atoms with van der Waals surface area (Å²) in [6.45, 7) is 2.05. The Balaban J connectivity index is 1.83. The van der Waals surface area contributed by atoms with Crippen LogP contribution in [0.15, 0.2) is 72.8 Å². The molecule has 0 fully saturated rings. The third-order valence-corrected chi connectivity index (χ3v) is 5.93. The van der Waals surface area contributed by atoms with Crippen LogP contribution in [0.25, 0.3) is 10.8 Å². The molecule has 0 atom stereocenters. The Morgan fingerprint density at radius 1 is 0.759 bits per heavy atom. The zero-order valence-electron chi connectivity index (χ0n) is 16.0. The van der Waals surface area contributed by atoms with Gasteiger partial charge in [-0.1, -0.05) is 67.6 Å². The molecule has 3 heteroatoms. The van der Waals surface area contributed by atoms with Crippen molar-refractivity contribution in [3.63, 3.8) is 0 Å². The standard InChI is InChI=1S/C26H20O3/c1-2-15-11-12-20-21(13-15)23(27)14-22(26(20)29)24-16-7-3-5-9-18(16)25(28)19-10-6-4-8-17(19)24/h3-14,24,27,29H,2H2,1H3. The summed E-state index contributed by atoms with van der Waals surface area (Å²) >= 11 is 0. The molecule has 0 saturated heterocycles. The van der Waals surface area contributed by atoms with Crippen LogP contribution in [0.3, 0.4) is 0 Å². The molecule has 0 bridgehead atoms. The van der Waals surface area contributed by atoms with Crippen molar-refractivity contribution in [1.29, 1.82) is 0 Å². The summed E-state index contributed by atoms with van der Waals surface area (Å²) in [5.74, 6) is -0.0647. The lowest BCUT2D eigenvalue weighted by atomic mass is 9.73. The van der Waals surface area contributed by atoms with Crippen molar-refractivity contribution >= 4 is 16.6 Å². The maximum atomic E-state index is 13.0. The fourth-order valence-electron chi connectivity index (χ4n) is 4.46. The Labute approximate surface area is 168 Å². The van der Waals surface area contributed by atoms with Gasteiger partial charge >= 0.3 is 0 Å². The van der Waals surface area contributed by atoms with Gasteiger partial charge in [0.05, 0.1) is 0 Å². The Bertz CT molecular complexity index is 1240. The number of phenols is 2. The third-order valence-electron chi connectivity index (χ3n) is 5.93. The molecule has 2 N–H and O–H groups in total. The zero-order chi connectivity index (χ0) is 20.1. The molecule has 1 aliphatic carbocycles. The fourth-order valence-corrected chi connectivity index (χ4v) is 4.46. The van der Waals surface area contributed by atoms with Crippen molar-refractivity contribution in [3.8, 4) is 11.5 Å². The summed E-state index contributed by atoms with van der Waals surface area (Å²) in [5, 5.41) is 23.3. The normalized spacial score (nSPS) is 13.3. The second kappa shape index (κ2) is 6.49. The van der Waals surface area contributed by atoms with Crippen LogP contribution in [0.1, 0.15) is 51.0 Å². The van der Waals surface area contributed by atoms with Crippen LogP contribution in [0.4, 0.5) is 0 Å². The average molecular weight is 380 g/mol. The van der Waals surface area contributed by atoms with E-state index in [1.54, 1.807) is 6.07 Å². The molecule has 142 valence electrons. The van der Waals surface area contributed by atoms with E-state index in [1.165, 1.54) is 0 Å². The summed E-state index contributed by atoms with van der Waals surface area (Å²) < 4.78 is 0. The molecule has 0 amide bonds. The van der Waals surface area contributed by atoms with Gasteiger partial charge in [-0.25, -0.2) is 0 Å². The largest absolute Gasteiger partial charge is 0.507 e. The number of hydrogen-bond acceptors (Lipinski definition) is 3. The van der Waals surface area contributed by atoms with Crippen LogP contribution in [0, 0.1) is 0 Å². The van der Waals surface area contributed by atoms with Crippen molar-refractivity contribution in [2.45, 2.75) is 19.3 Å². The molecule has 4 aromatic rings. The Morgan fingerprint density at radius 2 is 1.38 bits per heavy atom. The molecular formula is C26H20O3. The number of benzene rings is 4. The second-order valence-corrected chi connectivity index (χ2v) is 7.50. The van der Waals surface area contributed by atoms with Crippen LogP contribution < -0.4 is 0 Å². The lowest BCUT2D eigenvalue weighted by Gasteiger charge is -2.29. The molecule has 1 aliphatic rings. The van der Waals surface area contributed by atoms with E-state index >= 15 is 0 Å². The minimum atomic E-state index is -0.332. The van der Waals surface area contributed by atoms with E-state index in [9.17, 15) is 15.0 Å². The summed E-state index contributed by atoms with van der Waals surface area (Å²) in [7, 11) is 0. The SMILES string of the molecule is CCc1ccc2c(O)c(C3c4ccccc4C(=O)c4ccccc43)cc(O)c2c1. The number of aromatic hydroxyl groups is 2. The highest BCUT2D eigenvalue weighted by atomic mass is 16.3. The number of ketones is 1. The highest BCUT2D eigenvalue weighted by Gasteiger charge is 2.33. The van der Waals surface area contributed by atoms with Crippen LogP contribution in [0.2, 0.25) is 0 Å². The van der Waals surface area contributed by atoms with E-state index in [-0.39, 0.29) is 23.2 Å². The van der Waals surface area contributed by atoms with Gasteiger partial charge in [0.2, 0.25) is 0 Å². The quantitative estimate of drug-likeness (QED) is 0.396. The molecule has 0 spiro atoms. The molecule has 0 unspecified atom stereocenters. The lowest BCUT2D eigenvalue weighted by molar-refractivity contribution is 0.103. The van der Waals surface area contributed by atoms with Crippen molar-refractivity contribution in [1.82, 2.24) is 0 Å². The van der Waals surface area contributed by atoms with E-state index in [0.717, 1.165) is 23.1 Å². The van der Waals surface area contributed by atoms with Gasteiger partial charge in [0.15, 0.2) is 5.78 Å². The van der Waals surface area contributed by atoms with Crippen molar-refractivity contribution < 1.29 is 15.0 Å². The van der Waals surface area contributed by atoms with Crippen LogP contribution >= 0.6 is 0 Å². The van der Waals surface area contributed by atoms with E-state index in [1.807, 2.05) is 66.7 Å². The number of hydrogen-bond donors (Lipinski definition) is 2. The monoisotopic (exact) mass is 380 g/mol. The molecule has 0 heterocycles. The van der Waals surface area contributed by atoms with Crippen molar-refractivity contribution in [3.05, 3.63) is 106 Å². The fraction of sp³-hybridized carbons (Fsp3) is 0.115. The number of fused-ring (bicyclic) bond motifs is 3. The van der Waals surface area contributed by atoms with Gasteiger partial charge in [-0.2, -0.15) is 0 Å². The molecule has 0 radical (unpaired) electrons. The first kappa shape index (κ1) is 17.5. The van der Waals surface area contributed by atoms with Gasteiger partial charge in [0, 0.05) is 33.4 Å². The van der Waals surface area contributed by atoms with E-state index in [4.69, 9.17) is 0 Å². The Hall–Kier alpha value is -3.59. The number of phenolic OH excluding ortho intramolecular Hbond substituents is 2. The van der Waals surface area contributed by atoms with E-state index < -0.39 is 0 Å². The topological polar surface area (TPSA) is 57.5 Å². The highest BCUT2D eigenvalue weighted by Crippen LogP contribution is 2.47. The number of rotatable bonds is 2. The maximum absolute atomic E-state index is 13.0. The molecule has 0 saturated carbocycles. The van der Waals surface area contributed by atoms with Gasteiger partial charge in [-0.3, -0.25) is 4.79 Å². The minimum Gasteiger partial charge on any atom is -0.507 e. The molecule has 0 aliphatic heterocycles. The van der Waals surface area contributed by atoms with Crippen LogP contribution in [0.5, 0.6) is 11.5 Å². The number of aryl methyl sites for hydroxylation is 1. The minimum absolute atomic E-state index is 0.00969. The van der Waals surface area contributed by atoms with Crippen molar-refractivity contribution in [2.24, 2.45) is 0 Å². The van der Waals surface area contributed by atoms with Gasteiger partial charge in [0.1, 0.15) is 11.5 Å². The smallest absolute Gasteiger partial charge is 0.193 e. The molecule has 0 aromatic heterocycles. The van der Waals surface area contributed by atoms with Crippen LogP contribution in [-0.4, -0.2) is 16.0 Å². The predicted molar refractivity (Wildman–Crippen MR) is 114 cm³/mol. The van der Waals surface area contributed by atoms with Gasteiger partial charge < -0.3 is 10.2 Å². The number of carbonyl (C=O) groups excluding carboxylic acids is 1. The first-order valence-electron chi connectivity index (χ1n) is 9.80. The maximum Gasteiger partial charge on any atom is 0.193 e. The summed E-state index contributed by atoms with van der Waals surface area (Å²) in [5.41, 5.74) is 4.66. The zero-order valence-corrected chi connectivity index (χ0v) is 16.0. The molecule has 3 nitrogen and oxygen atoms in total. The predicted octanol–water partition coefficient (Wildman–Crippen LogP) is 5.54. The number of carbonyl (C=O) groups is 1. The van der Waals surface area contributed by atoms with E-state index in [0.29, 0.717) is 27.5 Å². The summed E-state index contributed by atoms with van der Waals surface area (Å²) in [6.07, 6.45) is 0.851. The van der Waals surface area contributed by atoms with Gasteiger partial charge in [-0.05, 0) is 35.2 Å². The first-order valence-corrected chi connectivity index (χ1v) is 9.80. The Morgan fingerprint density at radius 3 is 2.00 bits per heavy atom. The van der Waals surface area contributed by atoms with Gasteiger partial charge in [-0.15, -0.1) is 0 Å². The summed E-state index contributed by atoms with van der Waals surface area (Å²) in [6, 6.07) is 22.4. The second-order valence-electron chi connectivity index (χ2n) is 7.50. The lowest BCUT2D eigenvalue weighted by Crippen LogP contribution is -2.20. The molecule has 4 aromatic carbocycles. The van der Waals surface area contributed by atoms with Crippen molar-refractivity contribution in [2.75, 3.05) is 0 Å². The first-order chi connectivity index (χ1) is 14.1. The average Bonchev–Trinajstić information content (AvgIpc) is 2.77. The van der Waals surface area contributed by atoms with Crippen LogP contribution in [-0.2, 0) is 6.42 Å². The Kier molecular flexibility index (Phi) is 3.92. The highest BCUT2D eigenvalue weighted by molar-refractivity contribution is 6.13. The molecular weight excluding hydrogens is 360 g/mol.